The molecule has 0 amide bonds. The van der Waals surface area contributed by atoms with Gasteiger partial charge in [-0.1, -0.05) is 12.1 Å². The van der Waals surface area contributed by atoms with Crippen molar-refractivity contribution >= 4 is 35.0 Å². The Morgan fingerprint density at radius 3 is 2.47 bits per heavy atom. The molecular formula is C25H33N7OS. The van der Waals surface area contributed by atoms with Crippen LogP contribution in [0.4, 0.5) is 17.5 Å². The molecule has 180 valence electrons. The van der Waals surface area contributed by atoms with Crippen LogP contribution < -0.4 is 10.2 Å². The molecule has 2 aromatic heterocycles. The van der Waals surface area contributed by atoms with Gasteiger partial charge in [-0.15, -0.1) is 0 Å². The minimum absolute atomic E-state index is 0.161. The summed E-state index contributed by atoms with van der Waals surface area (Å²) >= 11 is 1.53. The van der Waals surface area contributed by atoms with Crippen molar-refractivity contribution in [3.05, 3.63) is 47.2 Å². The number of H-pyrrole nitrogens is 1. The van der Waals surface area contributed by atoms with Crippen molar-refractivity contribution in [2.45, 2.75) is 56.1 Å². The molecule has 4 rings (SSSR count). The average Bonchev–Trinajstić information content (AvgIpc) is 3.21. The molecule has 1 saturated heterocycles. The molecule has 0 aliphatic carbocycles. The number of hydrogen-bond acceptors (Lipinski definition) is 8. The van der Waals surface area contributed by atoms with Crippen LogP contribution in [0, 0.1) is 13.8 Å². The predicted molar refractivity (Wildman–Crippen MR) is 137 cm³/mol. The monoisotopic (exact) mass is 479 g/mol. The van der Waals surface area contributed by atoms with Crippen molar-refractivity contribution in [2.24, 2.45) is 0 Å². The Morgan fingerprint density at radius 1 is 1.18 bits per heavy atom. The molecule has 0 saturated carbocycles. The summed E-state index contributed by atoms with van der Waals surface area (Å²) in [4.78, 5) is 27.0. The van der Waals surface area contributed by atoms with Crippen molar-refractivity contribution in [1.82, 2.24) is 25.1 Å². The van der Waals surface area contributed by atoms with E-state index in [-0.39, 0.29) is 5.78 Å². The van der Waals surface area contributed by atoms with Crippen molar-refractivity contribution in [3.63, 3.8) is 0 Å². The Balaban J connectivity index is 1.61. The lowest BCUT2D eigenvalue weighted by atomic mass is 10.0. The molecule has 1 aliphatic rings. The molecule has 1 fully saturated rings. The topological polar surface area (TPSA) is 90.0 Å². The zero-order valence-electron chi connectivity index (χ0n) is 20.6. The second-order valence-electron chi connectivity index (χ2n) is 9.17. The highest BCUT2D eigenvalue weighted by atomic mass is 32.2. The first-order valence-corrected chi connectivity index (χ1v) is 12.5. The first-order valence-electron chi connectivity index (χ1n) is 11.6. The first kappa shape index (κ1) is 24.2. The van der Waals surface area contributed by atoms with Crippen LogP contribution >= 0.6 is 11.8 Å². The van der Waals surface area contributed by atoms with Crippen LogP contribution in [-0.2, 0) is 11.2 Å². The smallest absolute Gasteiger partial charge is 0.196 e. The van der Waals surface area contributed by atoms with Gasteiger partial charge >= 0.3 is 0 Å². The standard InChI is InChI=1S/C25H33N7OS/c1-16-14-22(30-29-16)26-23-18(3)24(32-12-10-20(11-13-32)31(4)5)28-25(27-23)34-21-8-6-19(7-9-21)15-17(2)33/h6-9,14,20H,10-13,15H2,1-5H3,(H2,26,27,28,29,30). The van der Waals surface area contributed by atoms with Gasteiger partial charge in [-0.05, 0) is 77.2 Å². The number of aryl methyl sites for hydroxylation is 1. The van der Waals surface area contributed by atoms with Crippen molar-refractivity contribution in [3.8, 4) is 0 Å². The minimum atomic E-state index is 0.161. The van der Waals surface area contributed by atoms with Gasteiger partial charge in [0.2, 0.25) is 0 Å². The molecular weight excluding hydrogens is 446 g/mol. The fourth-order valence-corrected chi connectivity index (χ4v) is 4.98. The number of aromatic amines is 1. The average molecular weight is 480 g/mol. The van der Waals surface area contributed by atoms with E-state index in [0.29, 0.717) is 17.6 Å². The second kappa shape index (κ2) is 10.6. The number of carbonyl (C=O) groups is 1. The summed E-state index contributed by atoms with van der Waals surface area (Å²) in [7, 11) is 4.31. The highest BCUT2D eigenvalue weighted by Crippen LogP contribution is 2.33. The molecule has 8 nitrogen and oxygen atoms in total. The van der Waals surface area contributed by atoms with Crippen LogP contribution in [-0.4, -0.2) is 64.1 Å². The third-order valence-electron chi connectivity index (χ3n) is 6.13. The first-order chi connectivity index (χ1) is 16.3. The summed E-state index contributed by atoms with van der Waals surface area (Å²) in [6.07, 6.45) is 2.67. The van der Waals surface area contributed by atoms with Gasteiger partial charge in [0, 0.05) is 47.8 Å². The van der Waals surface area contributed by atoms with Crippen LogP contribution in [0.25, 0.3) is 0 Å². The van der Waals surface area contributed by atoms with Crippen LogP contribution in [0.1, 0.15) is 36.6 Å². The minimum Gasteiger partial charge on any atom is -0.356 e. The fourth-order valence-electron chi connectivity index (χ4n) is 4.23. The number of benzene rings is 1. The van der Waals surface area contributed by atoms with E-state index in [1.54, 1.807) is 6.92 Å². The molecule has 34 heavy (non-hydrogen) atoms. The van der Waals surface area contributed by atoms with Crippen molar-refractivity contribution in [1.29, 1.82) is 0 Å². The van der Waals surface area contributed by atoms with Gasteiger partial charge in [0.25, 0.3) is 0 Å². The Bertz CT molecular complexity index is 1130. The molecule has 0 unspecified atom stereocenters. The molecule has 0 radical (unpaired) electrons. The lowest BCUT2D eigenvalue weighted by molar-refractivity contribution is -0.116. The highest BCUT2D eigenvalue weighted by Gasteiger charge is 2.24. The molecule has 1 aromatic carbocycles. The Morgan fingerprint density at radius 2 is 1.88 bits per heavy atom. The van der Waals surface area contributed by atoms with Gasteiger partial charge in [0.05, 0.1) is 0 Å². The molecule has 3 aromatic rings. The number of hydrogen-bond donors (Lipinski definition) is 2. The molecule has 0 bridgehead atoms. The number of Topliss-reactive ketones (excluding diaryl/α,β-unsaturated/α-hetero) is 1. The maximum absolute atomic E-state index is 11.4. The van der Waals surface area contributed by atoms with E-state index >= 15 is 0 Å². The third-order valence-corrected chi connectivity index (χ3v) is 7.00. The van der Waals surface area contributed by atoms with Crippen molar-refractivity contribution < 1.29 is 4.79 Å². The zero-order valence-corrected chi connectivity index (χ0v) is 21.4. The van der Waals surface area contributed by atoms with E-state index in [4.69, 9.17) is 9.97 Å². The van der Waals surface area contributed by atoms with E-state index in [2.05, 4.69) is 46.3 Å². The number of carbonyl (C=O) groups excluding carboxylic acids is 1. The zero-order chi connectivity index (χ0) is 24.2. The third kappa shape index (κ3) is 5.95. The van der Waals surface area contributed by atoms with Crippen LogP contribution in [0.15, 0.2) is 40.4 Å². The maximum atomic E-state index is 11.4. The number of aromatic nitrogens is 4. The number of anilines is 3. The van der Waals surface area contributed by atoms with Crippen molar-refractivity contribution in [2.75, 3.05) is 37.4 Å². The van der Waals surface area contributed by atoms with Gasteiger partial charge in [0.1, 0.15) is 17.4 Å². The number of rotatable bonds is 8. The summed E-state index contributed by atoms with van der Waals surface area (Å²) < 4.78 is 0. The molecule has 9 heteroatoms. The summed E-state index contributed by atoms with van der Waals surface area (Å²) in [5.74, 6) is 2.63. The number of nitrogens with zero attached hydrogens (tertiary/aromatic N) is 5. The molecule has 0 atom stereocenters. The maximum Gasteiger partial charge on any atom is 0.196 e. The van der Waals surface area contributed by atoms with E-state index in [9.17, 15) is 4.79 Å². The van der Waals surface area contributed by atoms with E-state index in [1.165, 1.54) is 11.8 Å². The Hall–Kier alpha value is -2.91. The lowest BCUT2D eigenvalue weighted by Crippen LogP contribution is -2.42. The Kier molecular flexibility index (Phi) is 7.53. The lowest BCUT2D eigenvalue weighted by Gasteiger charge is -2.36. The fraction of sp³-hybridized carbons (Fsp3) is 0.440. The van der Waals surface area contributed by atoms with E-state index in [1.807, 2.05) is 37.3 Å². The normalized spacial score (nSPS) is 14.6. The molecule has 3 heterocycles. The van der Waals surface area contributed by atoms with Gasteiger partial charge < -0.3 is 15.1 Å². The summed E-state index contributed by atoms with van der Waals surface area (Å²) in [6, 6.07) is 10.6. The quantitative estimate of drug-likeness (QED) is 0.460. The summed E-state index contributed by atoms with van der Waals surface area (Å²) in [5, 5.41) is 11.4. The van der Waals surface area contributed by atoms with Gasteiger partial charge in [-0.2, -0.15) is 5.10 Å². The van der Waals surface area contributed by atoms with Crippen LogP contribution in [0.2, 0.25) is 0 Å². The largest absolute Gasteiger partial charge is 0.356 e. The Labute approximate surface area is 205 Å². The SMILES string of the molecule is CC(=O)Cc1ccc(Sc2nc(Nc3cc(C)[nH]n3)c(C)c(N3CCC(N(C)C)CC3)n2)cc1. The summed E-state index contributed by atoms with van der Waals surface area (Å²) in [5.41, 5.74) is 3.02. The number of nitrogens with one attached hydrogen (secondary N) is 2. The van der Waals surface area contributed by atoms with Gasteiger partial charge in [-0.25, -0.2) is 9.97 Å². The number of ketones is 1. The van der Waals surface area contributed by atoms with Crippen LogP contribution in [0.5, 0.6) is 0 Å². The summed E-state index contributed by atoms with van der Waals surface area (Å²) in [6.45, 7) is 7.58. The second-order valence-corrected chi connectivity index (χ2v) is 10.2. The molecule has 1 aliphatic heterocycles. The van der Waals surface area contributed by atoms with E-state index in [0.717, 1.165) is 65.1 Å². The van der Waals surface area contributed by atoms with E-state index < -0.39 is 0 Å². The highest BCUT2D eigenvalue weighted by molar-refractivity contribution is 7.99. The number of piperidine rings is 1. The van der Waals surface area contributed by atoms with Gasteiger partial charge in [-0.3, -0.25) is 9.89 Å². The van der Waals surface area contributed by atoms with Gasteiger partial charge in [0.15, 0.2) is 11.0 Å². The predicted octanol–water partition coefficient (Wildman–Crippen LogP) is 4.37. The molecule has 2 N–H and O–H groups in total. The van der Waals surface area contributed by atoms with Crippen LogP contribution in [0.3, 0.4) is 0 Å². The molecule has 0 spiro atoms.